The SMILES string of the molecule is C=C1c2ccccc2C(=O)c2c1nnn2CCCN1CCN(C2CCN(C)CC2)CC1. The summed E-state index contributed by atoms with van der Waals surface area (Å²) in [5.74, 6) is 0.00902. The smallest absolute Gasteiger partial charge is 0.213 e. The third-order valence-electron chi connectivity index (χ3n) is 7.19. The van der Waals surface area contributed by atoms with Crippen LogP contribution in [0, 0.1) is 0 Å². The molecule has 2 aliphatic heterocycles. The van der Waals surface area contributed by atoms with Crippen LogP contribution in [-0.2, 0) is 6.54 Å². The summed E-state index contributed by atoms with van der Waals surface area (Å²) in [6, 6.07) is 8.39. The molecular formula is C24H32N6O. The van der Waals surface area contributed by atoms with Crippen LogP contribution in [0.15, 0.2) is 30.8 Å². The number of carbonyl (C=O) groups excluding carboxylic acids is 1. The lowest BCUT2D eigenvalue weighted by Gasteiger charge is -2.42. The van der Waals surface area contributed by atoms with Gasteiger partial charge in [0, 0.05) is 56.4 Å². The van der Waals surface area contributed by atoms with Gasteiger partial charge in [0.15, 0.2) is 0 Å². The lowest BCUT2D eigenvalue weighted by Crippen LogP contribution is -2.53. The summed E-state index contributed by atoms with van der Waals surface area (Å²) in [6.45, 7) is 12.9. The Labute approximate surface area is 184 Å². The van der Waals surface area contributed by atoms with Gasteiger partial charge < -0.3 is 9.80 Å². The van der Waals surface area contributed by atoms with Crippen LogP contribution in [0.3, 0.4) is 0 Å². The Bertz CT molecular complexity index is 966. The van der Waals surface area contributed by atoms with E-state index in [1.807, 2.05) is 24.3 Å². The second-order valence-corrected chi connectivity index (χ2v) is 9.13. The van der Waals surface area contributed by atoms with Crippen LogP contribution in [0.1, 0.15) is 46.6 Å². The van der Waals surface area contributed by atoms with Gasteiger partial charge in [-0.05, 0) is 45.0 Å². The highest BCUT2D eigenvalue weighted by molar-refractivity contribution is 6.17. The molecule has 7 heteroatoms. The summed E-state index contributed by atoms with van der Waals surface area (Å²) >= 11 is 0. The Hall–Kier alpha value is -2.35. The van der Waals surface area contributed by atoms with Crippen LogP contribution >= 0.6 is 0 Å². The van der Waals surface area contributed by atoms with Crippen molar-refractivity contribution in [2.45, 2.75) is 31.8 Å². The fourth-order valence-corrected chi connectivity index (χ4v) is 5.25. The molecule has 3 heterocycles. The minimum absolute atomic E-state index is 0.00902. The normalized spacial score (nSPS) is 21.3. The highest BCUT2D eigenvalue weighted by Crippen LogP contribution is 2.33. The summed E-state index contributed by atoms with van der Waals surface area (Å²) in [5, 5.41) is 8.59. The zero-order valence-electron chi connectivity index (χ0n) is 18.5. The van der Waals surface area contributed by atoms with Crippen LogP contribution in [0.5, 0.6) is 0 Å². The molecule has 31 heavy (non-hydrogen) atoms. The van der Waals surface area contributed by atoms with Crippen molar-refractivity contribution in [3.63, 3.8) is 0 Å². The van der Waals surface area contributed by atoms with Crippen LogP contribution in [0.4, 0.5) is 0 Å². The maximum Gasteiger partial charge on any atom is 0.213 e. The first-order valence-corrected chi connectivity index (χ1v) is 11.5. The molecule has 2 aromatic rings. The van der Waals surface area contributed by atoms with Gasteiger partial charge in [-0.25, -0.2) is 4.68 Å². The van der Waals surface area contributed by atoms with Gasteiger partial charge in [0.2, 0.25) is 5.78 Å². The molecule has 2 saturated heterocycles. The fourth-order valence-electron chi connectivity index (χ4n) is 5.25. The number of piperidine rings is 1. The molecule has 2 fully saturated rings. The third kappa shape index (κ3) is 3.97. The van der Waals surface area contributed by atoms with E-state index >= 15 is 0 Å². The molecule has 0 spiro atoms. The lowest BCUT2D eigenvalue weighted by molar-refractivity contribution is 0.0637. The van der Waals surface area contributed by atoms with E-state index < -0.39 is 0 Å². The van der Waals surface area contributed by atoms with E-state index in [-0.39, 0.29) is 5.78 Å². The Balaban J connectivity index is 1.15. The fraction of sp³-hybridized carbons (Fsp3) is 0.542. The topological polar surface area (TPSA) is 57.5 Å². The van der Waals surface area contributed by atoms with Crippen LogP contribution in [-0.4, -0.2) is 94.4 Å². The first-order valence-electron chi connectivity index (χ1n) is 11.5. The van der Waals surface area contributed by atoms with Gasteiger partial charge >= 0.3 is 0 Å². The van der Waals surface area contributed by atoms with E-state index in [1.165, 1.54) is 39.0 Å². The number of ketones is 1. The van der Waals surface area contributed by atoms with E-state index in [1.54, 1.807) is 4.68 Å². The molecule has 0 amide bonds. The van der Waals surface area contributed by atoms with Gasteiger partial charge in [-0.2, -0.15) is 0 Å². The zero-order chi connectivity index (χ0) is 21.4. The number of likely N-dealkylation sites (tertiary alicyclic amines) is 1. The zero-order valence-corrected chi connectivity index (χ0v) is 18.5. The number of piperazine rings is 1. The predicted molar refractivity (Wildman–Crippen MR) is 121 cm³/mol. The Morgan fingerprint density at radius 1 is 1.00 bits per heavy atom. The second-order valence-electron chi connectivity index (χ2n) is 9.13. The first-order chi connectivity index (χ1) is 15.1. The molecule has 1 aromatic heterocycles. The highest BCUT2D eigenvalue weighted by Gasteiger charge is 2.31. The summed E-state index contributed by atoms with van der Waals surface area (Å²) in [5.41, 5.74) is 3.59. The van der Waals surface area contributed by atoms with Gasteiger partial charge in [0.25, 0.3) is 0 Å². The van der Waals surface area contributed by atoms with E-state index in [0.717, 1.165) is 43.2 Å². The number of rotatable bonds is 5. The van der Waals surface area contributed by atoms with Crippen LogP contribution < -0.4 is 0 Å². The van der Waals surface area contributed by atoms with Gasteiger partial charge in [-0.3, -0.25) is 9.69 Å². The maximum atomic E-state index is 13.0. The molecule has 0 N–H and O–H groups in total. The molecule has 0 unspecified atom stereocenters. The van der Waals surface area contributed by atoms with Crippen LogP contribution in [0.25, 0.3) is 5.57 Å². The second kappa shape index (κ2) is 8.65. The lowest BCUT2D eigenvalue weighted by atomic mass is 9.88. The van der Waals surface area contributed by atoms with Gasteiger partial charge in [-0.15, -0.1) is 5.10 Å². The first kappa shape index (κ1) is 20.5. The van der Waals surface area contributed by atoms with Crippen molar-refractivity contribution < 1.29 is 4.79 Å². The van der Waals surface area contributed by atoms with E-state index in [2.05, 4.69) is 38.6 Å². The minimum Gasteiger partial charge on any atom is -0.306 e. The number of aryl methyl sites for hydroxylation is 1. The number of benzene rings is 1. The molecular weight excluding hydrogens is 388 g/mol. The van der Waals surface area contributed by atoms with Crippen molar-refractivity contribution in [1.29, 1.82) is 0 Å². The van der Waals surface area contributed by atoms with Crippen molar-refractivity contribution in [3.8, 4) is 0 Å². The average molecular weight is 421 g/mol. The summed E-state index contributed by atoms with van der Waals surface area (Å²) in [4.78, 5) is 20.7. The van der Waals surface area contributed by atoms with Gasteiger partial charge in [-0.1, -0.05) is 36.1 Å². The Morgan fingerprint density at radius 2 is 1.71 bits per heavy atom. The monoisotopic (exact) mass is 420 g/mol. The third-order valence-corrected chi connectivity index (χ3v) is 7.19. The van der Waals surface area contributed by atoms with E-state index in [4.69, 9.17) is 0 Å². The van der Waals surface area contributed by atoms with E-state index in [0.29, 0.717) is 23.5 Å². The number of nitrogens with zero attached hydrogens (tertiary/aromatic N) is 6. The van der Waals surface area contributed by atoms with Crippen molar-refractivity contribution in [1.82, 2.24) is 29.7 Å². The quantitative estimate of drug-likeness (QED) is 0.629. The maximum absolute atomic E-state index is 13.0. The number of carbonyl (C=O) groups is 1. The summed E-state index contributed by atoms with van der Waals surface area (Å²) < 4.78 is 1.79. The van der Waals surface area contributed by atoms with Gasteiger partial charge in [0.05, 0.1) is 0 Å². The van der Waals surface area contributed by atoms with Crippen LogP contribution in [0.2, 0.25) is 0 Å². The van der Waals surface area contributed by atoms with Gasteiger partial charge in [0.1, 0.15) is 11.4 Å². The van der Waals surface area contributed by atoms with E-state index in [9.17, 15) is 4.79 Å². The molecule has 7 nitrogen and oxygen atoms in total. The Kier molecular flexibility index (Phi) is 5.73. The molecule has 164 valence electrons. The summed E-state index contributed by atoms with van der Waals surface area (Å²) in [6.07, 6.45) is 3.57. The standard InChI is InChI=1S/C24H32N6O/c1-18-20-6-3-4-7-21(20)24(31)23-22(18)25-26-30(23)11-5-10-28-14-16-29(17-15-28)19-8-12-27(2)13-9-19/h3-4,6-7,19H,1,5,8-17H2,2H3. The van der Waals surface area contributed by atoms with Crippen molar-refractivity contribution in [3.05, 3.63) is 53.4 Å². The average Bonchev–Trinajstić information content (AvgIpc) is 3.23. The molecule has 0 radical (unpaired) electrons. The molecule has 3 aliphatic rings. The molecule has 1 aliphatic carbocycles. The number of aromatic nitrogens is 3. The highest BCUT2D eigenvalue weighted by atomic mass is 16.1. The summed E-state index contributed by atoms with van der Waals surface area (Å²) in [7, 11) is 2.22. The largest absolute Gasteiger partial charge is 0.306 e. The molecule has 1 aromatic carbocycles. The molecule has 5 rings (SSSR count). The van der Waals surface area contributed by atoms with Crippen molar-refractivity contribution >= 4 is 11.4 Å². The predicted octanol–water partition coefficient (Wildman–Crippen LogP) is 1.99. The van der Waals surface area contributed by atoms with Crippen molar-refractivity contribution in [2.24, 2.45) is 0 Å². The number of hydrogen-bond acceptors (Lipinski definition) is 6. The minimum atomic E-state index is 0.00902. The number of hydrogen-bond donors (Lipinski definition) is 0. The molecule has 0 bridgehead atoms. The van der Waals surface area contributed by atoms with Crippen molar-refractivity contribution in [2.75, 3.05) is 52.9 Å². The number of fused-ring (bicyclic) bond motifs is 2. The Morgan fingerprint density at radius 3 is 2.45 bits per heavy atom. The molecule has 0 saturated carbocycles. The molecule has 0 atom stereocenters.